The van der Waals surface area contributed by atoms with Gasteiger partial charge in [0.25, 0.3) is 5.91 Å². The molecule has 1 atom stereocenters. The van der Waals surface area contributed by atoms with E-state index in [9.17, 15) is 4.79 Å². The van der Waals surface area contributed by atoms with Crippen molar-refractivity contribution in [3.63, 3.8) is 0 Å². The molecular formula is C21H25N7OS. The number of benzene rings is 1. The normalized spacial score (nSPS) is 16.2. The summed E-state index contributed by atoms with van der Waals surface area (Å²) in [5.74, 6) is 1.29. The van der Waals surface area contributed by atoms with Gasteiger partial charge in [-0.3, -0.25) is 9.69 Å². The predicted molar refractivity (Wildman–Crippen MR) is 119 cm³/mol. The van der Waals surface area contributed by atoms with E-state index in [0.29, 0.717) is 11.8 Å². The van der Waals surface area contributed by atoms with Gasteiger partial charge >= 0.3 is 0 Å². The fraction of sp³-hybridized carbons (Fsp3) is 0.333. The van der Waals surface area contributed by atoms with E-state index >= 15 is 0 Å². The maximum Gasteiger partial charge on any atom is 0.261 e. The summed E-state index contributed by atoms with van der Waals surface area (Å²) in [6.07, 6.45) is 1.77. The van der Waals surface area contributed by atoms with Crippen LogP contribution in [0, 0.1) is 0 Å². The SMILES string of the molecule is CC(c1nc(N)nc(Nc2ccccc2)n1)N1CCC(NC(=O)c2cccs2)CC1. The van der Waals surface area contributed by atoms with E-state index in [1.54, 1.807) is 0 Å². The second-order valence-corrected chi connectivity index (χ2v) is 8.25. The number of carbonyl (C=O) groups is 1. The maximum absolute atomic E-state index is 12.3. The molecule has 9 heteroatoms. The van der Waals surface area contributed by atoms with Gasteiger partial charge in [0.1, 0.15) is 0 Å². The minimum Gasteiger partial charge on any atom is -0.368 e. The molecule has 1 aliphatic heterocycles. The van der Waals surface area contributed by atoms with Crippen molar-refractivity contribution in [2.75, 3.05) is 24.1 Å². The van der Waals surface area contributed by atoms with Gasteiger partial charge in [0, 0.05) is 24.8 Å². The van der Waals surface area contributed by atoms with E-state index in [1.807, 2.05) is 47.8 Å². The molecule has 0 saturated carbocycles. The Labute approximate surface area is 179 Å². The van der Waals surface area contributed by atoms with Gasteiger partial charge in [-0.1, -0.05) is 24.3 Å². The van der Waals surface area contributed by atoms with Crippen molar-refractivity contribution in [2.24, 2.45) is 0 Å². The number of anilines is 3. The molecule has 1 amide bonds. The summed E-state index contributed by atoms with van der Waals surface area (Å²) >= 11 is 1.46. The van der Waals surface area contributed by atoms with Gasteiger partial charge in [-0.25, -0.2) is 0 Å². The summed E-state index contributed by atoms with van der Waals surface area (Å²) in [5.41, 5.74) is 6.83. The zero-order chi connectivity index (χ0) is 20.9. The number of likely N-dealkylation sites (tertiary alicyclic amines) is 1. The minimum absolute atomic E-state index is 0.000529. The molecule has 1 aromatic carbocycles. The summed E-state index contributed by atoms with van der Waals surface area (Å²) in [6, 6.07) is 13.6. The van der Waals surface area contributed by atoms with Crippen molar-refractivity contribution in [3.05, 3.63) is 58.5 Å². The van der Waals surface area contributed by atoms with Crippen LogP contribution in [-0.4, -0.2) is 44.9 Å². The van der Waals surface area contributed by atoms with E-state index in [1.165, 1.54) is 11.3 Å². The molecule has 3 heterocycles. The highest BCUT2D eigenvalue weighted by Crippen LogP contribution is 2.24. The van der Waals surface area contributed by atoms with E-state index in [-0.39, 0.29) is 23.9 Å². The largest absolute Gasteiger partial charge is 0.368 e. The highest BCUT2D eigenvalue weighted by atomic mass is 32.1. The first-order valence-corrected chi connectivity index (χ1v) is 10.9. The molecule has 0 spiro atoms. The third kappa shape index (κ3) is 4.92. The molecule has 4 N–H and O–H groups in total. The molecule has 1 aliphatic rings. The zero-order valence-corrected chi connectivity index (χ0v) is 17.6. The highest BCUT2D eigenvalue weighted by molar-refractivity contribution is 7.12. The fourth-order valence-corrected chi connectivity index (χ4v) is 4.19. The number of nitrogens with zero attached hydrogens (tertiary/aromatic N) is 4. The third-order valence-corrected chi connectivity index (χ3v) is 6.10. The van der Waals surface area contributed by atoms with Crippen LogP contribution in [0.3, 0.4) is 0 Å². The number of piperidine rings is 1. The van der Waals surface area contributed by atoms with Crippen molar-refractivity contribution in [1.82, 2.24) is 25.2 Å². The number of hydrogen-bond donors (Lipinski definition) is 3. The summed E-state index contributed by atoms with van der Waals surface area (Å²) in [4.78, 5) is 28.5. The number of aromatic nitrogens is 3. The zero-order valence-electron chi connectivity index (χ0n) is 16.8. The minimum atomic E-state index is 0.000529. The van der Waals surface area contributed by atoms with Gasteiger partial charge in [0.15, 0.2) is 5.82 Å². The van der Waals surface area contributed by atoms with E-state index < -0.39 is 0 Å². The Morgan fingerprint density at radius 2 is 1.90 bits per heavy atom. The topological polar surface area (TPSA) is 109 Å². The first kappa shape index (κ1) is 20.2. The number of nitrogen functional groups attached to an aromatic ring is 1. The number of para-hydroxylation sites is 1. The first-order chi connectivity index (χ1) is 14.6. The predicted octanol–water partition coefficient (Wildman–Crippen LogP) is 3.21. The van der Waals surface area contributed by atoms with Gasteiger partial charge in [0.05, 0.1) is 10.9 Å². The first-order valence-electron chi connectivity index (χ1n) is 10.0. The standard InChI is InChI=1S/C21H25N7OS/c1-14(18-25-20(22)27-21(26-18)24-15-6-3-2-4-7-15)28-11-9-16(10-12-28)23-19(29)17-8-5-13-30-17/h2-8,13-14,16H,9-12H2,1H3,(H,23,29)(H3,22,24,25,26,27). The summed E-state index contributed by atoms with van der Waals surface area (Å²) < 4.78 is 0. The smallest absolute Gasteiger partial charge is 0.261 e. The highest BCUT2D eigenvalue weighted by Gasteiger charge is 2.26. The van der Waals surface area contributed by atoms with Gasteiger partial charge in [-0.15, -0.1) is 11.3 Å². The molecule has 8 nitrogen and oxygen atoms in total. The lowest BCUT2D eigenvalue weighted by atomic mass is 10.0. The molecule has 156 valence electrons. The molecule has 0 bridgehead atoms. The lowest BCUT2D eigenvalue weighted by Gasteiger charge is -2.35. The van der Waals surface area contributed by atoms with Crippen molar-refractivity contribution >= 4 is 34.8 Å². The Kier molecular flexibility index (Phi) is 6.20. The van der Waals surface area contributed by atoms with Crippen LogP contribution >= 0.6 is 11.3 Å². The number of amides is 1. The Morgan fingerprint density at radius 1 is 1.13 bits per heavy atom. The lowest BCUT2D eigenvalue weighted by Crippen LogP contribution is -2.45. The number of nitrogens with two attached hydrogens (primary N) is 1. The van der Waals surface area contributed by atoms with Crippen LogP contribution in [0.1, 0.15) is 41.3 Å². The number of thiophene rings is 1. The van der Waals surface area contributed by atoms with E-state index in [4.69, 9.17) is 5.73 Å². The number of carbonyl (C=O) groups excluding carboxylic acids is 1. The Hall–Kier alpha value is -3.04. The summed E-state index contributed by atoms with van der Waals surface area (Å²) in [6.45, 7) is 3.78. The third-order valence-electron chi connectivity index (χ3n) is 5.23. The van der Waals surface area contributed by atoms with Crippen LogP contribution in [0.2, 0.25) is 0 Å². The quantitative estimate of drug-likeness (QED) is 0.558. The second-order valence-electron chi connectivity index (χ2n) is 7.30. The van der Waals surface area contributed by atoms with Crippen LogP contribution < -0.4 is 16.4 Å². The lowest BCUT2D eigenvalue weighted by molar-refractivity contribution is 0.0897. The Bertz CT molecular complexity index is 972. The van der Waals surface area contributed by atoms with Crippen LogP contribution in [0.25, 0.3) is 0 Å². The summed E-state index contributed by atoms with van der Waals surface area (Å²) in [5, 5.41) is 8.23. The Balaban J connectivity index is 1.37. The monoisotopic (exact) mass is 423 g/mol. The van der Waals surface area contributed by atoms with E-state index in [0.717, 1.165) is 36.5 Å². The molecule has 0 radical (unpaired) electrons. The number of nitrogens with one attached hydrogen (secondary N) is 2. The van der Waals surface area contributed by atoms with Gasteiger partial charge in [-0.05, 0) is 43.3 Å². The van der Waals surface area contributed by atoms with E-state index in [2.05, 4.69) is 37.4 Å². The number of rotatable bonds is 6. The molecule has 0 aliphatic carbocycles. The van der Waals surface area contributed by atoms with Crippen molar-refractivity contribution in [1.29, 1.82) is 0 Å². The van der Waals surface area contributed by atoms with Gasteiger partial charge < -0.3 is 16.4 Å². The van der Waals surface area contributed by atoms with Crippen LogP contribution in [0.4, 0.5) is 17.6 Å². The molecule has 1 unspecified atom stereocenters. The van der Waals surface area contributed by atoms with Crippen LogP contribution in [0.5, 0.6) is 0 Å². The molecule has 4 rings (SSSR count). The molecule has 1 fully saturated rings. The second kappa shape index (κ2) is 9.19. The maximum atomic E-state index is 12.3. The van der Waals surface area contributed by atoms with Crippen LogP contribution in [-0.2, 0) is 0 Å². The molecule has 30 heavy (non-hydrogen) atoms. The molecule has 3 aromatic rings. The average Bonchev–Trinajstić information content (AvgIpc) is 3.29. The molecular weight excluding hydrogens is 398 g/mol. The number of hydrogen-bond acceptors (Lipinski definition) is 8. The Morgan fingerprint density at radius 3 is 2.60 bits per heavy atom. The van der Waals surface area contributed by atoms with Crippen molar-refractivity contribution in [3.8, 4) is 0 Å². The average molecular weight is 424 g/mol. The van der Waals surface area contributed by atoms with Crippen molar-refractivity contribution in [2.45, 2.75) is 31.8 Å². The van der Waals surface area contributed by atoms with Gasteiger partial charge in [-0.2, -0.15) is 15.0 Å². The molecule has 1 saturated heterocycles. The van der Waals surface area contributed by atoms with Gasteiger partial charge in [0.2, 0.25) is 11.9 Å². The summed E-state index contributed by atoms with van der Waals surface area (Å²) in [7, 11) is 0. The fourth-order valence-electron chi connectivity index (χ4n) is 3.56. The van der Waals surface area contributed by atoms with Crippen molar-refractivity contribution < 1.29 is 4.79 Å². The molecule has 2 aromatic heterocycles. The van der Waals surface area contributed by atoms with Crippen LogP contribution in [0.15, 0.2) is 47.8 Å².